The Bertz CT molecular complexity index is 776. The van der Waals surface area contributed by atoms with E-state index in [4.69, 9.17) is 0 Å². The third kappa shape index (κ3) is 36.7. The van der Waals surface area contributed by atoms with E-state index in [9.17, 15) is 25.2 Å². The molecule has 0 saturated heterocycles. The highest BCUT2D eigenvalue weighted by molar-refractivity contribution is 5.80. The maximum Gasteiger partial charge on any atom is 0.249 e. The van der Waals surface area contributed by atoms with Crippen molar-refractivity contribution in [1.82, 2.24) is 5.32 Å². The van der Waals surface area contributed by atoms with Crippen LogP contribution in [0.2, 0.25) is 0 Å². The second kappa shape index (κ2) is 43.2. The Morgan fingerprint density at radius 1 is 0.444 bits per heavy atom. The fourth-order valence-electron chi connectivity index (χ4n) is 7.64. The fourth-order valence-corrected chi connectivity index (χ4v) is 7.64. The highest BCUT2D eigenvalue weighted by Crippen LogP contribution is 2.17. The molecule has 6 heteroatoms. The minimum Gasteiger partial charge on any atom is -0.394 e. The first-order valence-corrected chi connectivity index (χ1v) is 24.1. The van der Waals surface area contributed by atoms with Crippen LogP contribution in [0.1, 0.15) is 258 Å². The van der Waals surface area contributed by atoms with E-state index >= 15 is 0 Å². The van der Waals surface area contributed by atoms with Gasteiger partial charge in [0.15, 0.2) is 0 Å². The van der Waals surface area contributed by atoms with Crippen molar-refractivity contribution in [3.05, 3.63) is 12.2 Å². The number of carbonyl (C=O) groups is 1. The number of carbonyl (C=O) groups excluding carboxylic acids is 1. The zero-order chi connectivity index (χ0) is 39.6. The predicted molar refractivity (Wildman–Crippen MR) is 233 cm³/mol. The number of aliphatic hydroxyl groups excluding tert-OH is 4. The maximum absolute atomic E-state index is 12.5. The summed E-state index contributed by atoms with van der Waals surface area (Å²) in [6.45, 7) is 4.07. The Hall–Kier alpha value is -0.950. The van der Waals surface area contributed by atoms with Gasteiger partial charge in [-0.25, -0.2) is 0 Å². The van der Waals surface area contributed by atoms with Gasteiger partial charge in [0.25, 0.3) is 0 Å². The first-order valence-electron chi connectivity index (χ1n) is 24.1. The van der Waals surface area contributed by atoms with Gasteiger partial charge in [0.2, 0.25) is 5.91 Å². The van der Waals surface area contributed by atoms with Crippen LogP contribution in [0, 0.1) is 0 Å². The van der Waals surface area contributed by atoms with Gasteiger partial charge >= 0.3 is 0 Å². The molecular weight excluding hydrogens is 671 g/mol. The van der Waals surface area contributed by atoms with Crippen LogP contribution in [0.4, 0.5) is 0 Å². The van der Waals surface area contributed by atoms with Gasteiger partial charge in [0.1, 0.15) is 12.2 Å². The minimum absolute atomic E-state index is 0.358. The van der Waals surface area contributed by atoms with Crippen LogP contribution in [0.5, 0.6) is 0 Å². The molecule has 322 valence electrons. The van der Waals surface area contributed by atoms with Crippen LogP contribution in [0.25, 0.3) is 0 Å². The fraction of sp³-hybridized carbons (Fsp3) is 0.938. The zero-order valence-electron chi connectivity index (χ0n) is 36.2. The Kier molecular flexibility index (Phi) is 42.4. The molecular formula is C48H95NO5. The summed E-state index contributed by atoms with van der Waals surface area (Å²) in [5.74, 6) is -0.589. The van der Waals surface area contributed by atoms with Crippen molar-refractivity contribution < 1.29 is 25.2 Å². The molecule has 0 aromatic heterocycles. The minimum atomic E-state index is -1.26. The molecule has 4 unspecified atom stereocenters. The molecule has 0 saturated carbocycles. The lowest BCUT2D eigenvalue weighted by atomic mass is 9.99. The summed E-state index contributed by atoms with van der Waals surface area (Å²) < 4.78 is 0. The average molecular weight is 766 g/mol. The van der Waals surface area contributed by atoms with Crippen molar-refractivity contribution in [2.24, 2.45) is 0 Å². The number of nitrogens with one attached hydrogen (secondary N) is 1. The van der Waals surface area contributed by atoms with Crippen LogP contribution in [-0.4, -0.2) is 57.3 Å². The SMILES string of the molecule is CCCCCCCCCCC/C=C\CCCCCCC(O)C(=O)NC(CO)C(O)C(O)CCCCCCCCCCCCCCCCCCCCCCC. The molecule has 0 radical (unpaired) electrons. The third-order valence-corrected chi connectivity index (χ3v) is 11.5. The van der Waals surface area contributed by atoms with Gasteiger partial charge in [0.05, 0.1) is 18.8 Å². The molecule has 0 aromatic rings. The standard InChI is InChI=1S/C48H95NO5/c1-3-5-7-9-11-13-15-17-19-21-22-23-24-26-27-29-31-33-35-37-39-41-45(51)47(53)44(43-50)49-48(54)46(52)42-40-38-36-34-32-30-28-25-20-18-16-14-12-10-8-6-4-2/h28,30,44-47,50-53H,3-27,29,31-43H2,1-2H3,(H,49,54)/b30-28-. The van der Waals surface area contributed by atoms with E-state index in [2.05, 4.69) is 31.3 Å². The van der Waals surface area contributed by atoms with Gasteiger partial charge < -0.3 is 25.7 Å². The van der Waals surface area contributed by atoms with Crippen molar-refractivity contribution in [2.45, 2.75) is 282 Å². The van der Waals surface area contributed by atoms with E-state index in [1.807, 2.05) is 0 Å². The van der Waals surface area contributed by atoms with E-state index in [0.717, 1.165) is 51.4 Å². The van der Waals surface area contributed by atoms with Gasteiger partial charge in [-0.05, 0) is 38.5 Å². The Labute approximate surface area is 336 Å². The second-order valence-corrected chi connectivity index (χ2v) is 16.8. The van der Waals surface area contributed by atoms with Crippen molar-refractivity contribution in [2.75, 3.05) is 6.61 Å². The monoisotopic (exact) mass is 766 g/mol. The van der Waals surface area contributed by atoms with Crippen LogP contribution in [0.15, 0.2) is 12.2 Å². The topological polar surface area (TPSA) is 110 Å². The molecule has 4 atom stereocenters. The van der Waals surface area contributed by atoms with E-state index in [1.165, 1.54) is 180 Å². The summed E-state index contributed by atoms with van der Waals surface area (Å²) in [5, 5.41) is 43.8. The molecule has 0 rings (SSSR count). The Morgan fingerprint density at radius 3 is 1.07 bits per heavy atom. The van der Waals surface area contributed by atoms with Gasteiger partial charge in [-0.3, -0.25) is 4.79 Å². The van der Waals surface area contributed by atoms with Gasteiger partial charge in [0, 0.05) is 0 Å². The quantitative estimate of drug-likeness (QED) is 0.0313. The summed E-state index contributed by atoms with van der Waals surface area (Å²) in [4.78, 5) is 12.5. The third-order valence-electron chi connectivity index (χ3n) is 11.5. The summed E-state index contributed by atoms with van der Waals surface area (Å²) in [5.41, 5.74) is 0. The number of allylic oxidation sites excluding steroid dienone is 2. The summed E-state index contributed by atoms with van der Waals surface area (Å²) in [6, 6.07) is -0.987. The highest BCUT2D eigenvalue weighted by Gasteiger charge is 2.28. The molecule has 5 N–H and O–H groups in total. The molecule has 0 heterocycles. The second-order valence-electron chi connectivity index (χ2n) is 16.8. The largest absolute Gasteiger partial charge is 0.394 e. The lowest BCUT2D eigenvalue weighted by Crippen LogP contribution is -2.53. The normalized spacial score (nSPS) is 14.1. The van der Waals surface area contributed by atoms with Gasteiger partial charge in [-0.2, -0.15) is 0 Å². The van der Waals surface area contributed by atoms with Crippen LogP contribution in [0.3, 0.4) is 0 Å². The number of hydrogen-bond acceptors (Lipinski definition) is 5. The zero-order valence-corrected chi connectivity index (χ0v) is 36.2. The number of aliphatic hydroxyl groups is 4. The molecule has 54 heavy (non-hydrogen) atoms. The summed E-state index contributed by atoms with van der Waals surface area (Å²) >= 11 is 0. The van der Waals surface area contributed by atoms with Crippen molar-refractivity contribution >= 4 is 5.91 Å². The first kappa shape index (κ1) is 53.0. The number of hydrogen-bond donors (Lipinski definition) is 5. The molecule has 0 spiro atoms. The Balaban J connectivity index is 3.69. The maximum atomic E-state index is 12.5. The lowest BCUT2D eigenvalue weighted by molar-refractivity contribution is -0.132. The van der Waals surface area contributed by atoms with E-state index in [-0.39, 0.29) is 0 Å². The van der Waals surface area contributed by atoms with Crippen LogP contribution < -0.4 is 5.32 Å². The predicted octanol–water partition coefficient (Wildman–Crippen LogP) is 13.0. The smallest absolute Gasteiger partial charge is 0.249 e. The van der Waals surface area contributed by atoms with E-state index < -0.39 is 36.9 Å². The van der Waals surface area contributed by atoms with Gasteiger partial charge in [-0.15, -0.1) is 0 Å². The lowest BCUT2D eigenvalue weighted by Gasteiger charge is -2.27. The molecule has 0 aliphatic rings. The number of rotatable bonds is 44. The van der Waals surface area contributed by atoms with Crippen molar-refractivity contribution in [3.8, 4) is 0 Å². The molecule has 0 fully saturated rings. The van der Waals surface area contributed by atoms with E-state index in [0.29, 0.717) is 12.8 Å². The van der Waals surface area contributed by atoms with Crippen LogP contribution in [-0.2, 0) is 4.79 Å². The van der Waals surface area contributed by atoms with Crippen molar-refractivity contribution in [3.63, 3.8) is 0 Å². The van der Waals surface area contributed by atoms with Crippen LogP contribution >= 0.6 is 0 Å². The first-order chi connectivity index (χ1) is 26.5. The number of unbranched alkanes of at least 4 members (excludes halogenated alkanes) is 33. The molecule has 0 aromatic carbocycles. The molecule has 0 aliphatic carbocycles. The molecule has 0 aliphatic heterocycles. The highest BCUT2D eigenvalue weighted by atomic mass is 16.3. The molecule has 1 amide bonds. The molecule has 6 nitrogen and oxygen atoms in total. The van der Waals surface area contributed by atoms with Gasteiger partial charge in [-0.1, -0.05) is 231 Å². The summed E-state index contributed by atoms with van der Waals surface area (Å²) in [7, 11) is 0. The average Bonchev–Trinajstić information content (AvgIpc) is 3.18. The summed E-state index contributed by atoms with van der Waals surface area (Å²) in [6.07, 6.45) is 48.2. The van der Waals surface area contributed by atoms with Crippen molar-refractivity contribution in [1.29, 1.82) is 0 Å². The van der Waals surface area contributed by atoms with E-state index in [1.54, 1.807) is 0 Å². The number of amides is 1. The molecule has 0 bridgehead atoms. The Morgan fingerprint density at radius 2 is 0.741 bits per heavy atom.